The molecule has 1 aliphatic rings. The Balaban J connectivity index is 1.79. The first kappa shape index (κ1) is 22.6. The monoisotopic (exact) mass is 458 g/mol. The van der Waals surface area contributed by atoms with Crippen LogP contribution in [0.5, 0.6) is 17.2 Å². The van der Waals surface area contributed by atoms with Gasteiger partial charge in [0.15, 0.2) is 4.32 Å². The summed E-state index contributed by atoms with van der Waals surface area (Å²) in [6.45, 7) is 4.79. The van der Waals surface area contributed by atoms with Gasteiger partial charge in [-0.05, 0) is 68.5 Å². The van der Waals surface area contributed by atoms with E-state index in [1.54, 1.807) is 43.5 Å². The number of hydrazine groups is 1. The van der Waals surface area contributed by atoms with Crippen LogP contribution in [-0.2, 0) is 4.79 Å². The summed E-state index contributed by atoms with van der Waals surface area (Å²) in [7, 11) is 1.54. The standard InChI is InChI=1S/C22H22N2O5S2/c1-4-28-17-11-8-15(18(13-17)29-5-2)12-19-21(26)24(22(30)31-19)23-20(25)14-6-9-16(27-3)10-7-14/h6-13H,4-5H2,1-3H3,(H,23,25)/b19-12+. The normalized spacial score (nSPS) is 14.7. The van der Waals surface area contributed by atoms with E-state index >= 15 is 0 Å². The van der Waals surface area contributed by atoms with Crippen molar-refractivity contribution in [3.8, 4) is 17.2 Å². The zero-order chi connectivity index (χ0) is 22.4. The van der Waals surface area contributed by atoms with Crippen molar-refractivity contribution >= 4 is 46.2 Å². The van der Waals surface area contributed by atoms with Crippen LogP contribution in [0.15, 0.2) is 47.4 Å². The number of methoxy groups -OCH3 is 1. The predicted molar refractivity (Wildman–Crippen MR) is 124 cm³/mol. The maximum atomic E-state index is 12.9. The van der Waals surface area contributed by atoms with Gasteiger partial charge >= 0.3 is 0 Å². The molecule has 0 spiro atoms. The lowest BCUT2D eigenvalue weighted by Crippen LogP contribution is -2.44. The van der Waals surface area contributed by atoms with Crippen LogP contribution in [0, 0.1) is 0 Å². The lowest BCUT2D eigenvalue weighted by molar-refractivity contribution is -0.123. The smallest absolute Gasteiger partial charge is 0.285 e. The number of rotatable bonds is 8. The number of benzene rings is 2. The number of carbonyl (C=O) groups excluding carboxylic acids is 2. The van der Waals surface area contributed by atoms with Crippen LogP contribution in [0.1, 0.15) is 29.8 Å². The Morgan fingerprint density at radius 2 is 1.77 bits per heavy atom. The molecular weight excluding hydrogens is 436 g/mol. The first-order chi connectivity index (χ1) is 15.0. The number of hydrogen-bond acceptors (Lipinski definition) is 7. The van der Waals surface area contributed by atoms with Crippen molar-refractivity contribution in [3.63, 3.8) is 0 Å². The van der Waals surface area contributed by atoms with E-state index in [-0.39, 0.29) is 4.32 Å². The fraction of sp³-hybridized carbons (Fsp3) is 0.227. The van der Waals surface area contributed by atoms with E-state index in [0.29, 0.717) is 46.5 Å². The highest BCUT2D eigenvalue weighted by molar-refractivity contribution is 8.26. The molecule has 9 heteroatoms. The third-order valence-corrected chi connectivity index (χ3v) is 5.54. The molecule has 1 fully saturated rings. The van der Waals surface area contributed by atoms with Gasteiger partial charge < -0.3 is 14.2 Å². The Morgan fingerprint density at radius 3 is 2.42 bits per heavy atom. The molecule has 0 aromatic heterocycles. The Hall–Kier alpha value is -3.04. The molecule has 2 aromatic carbocycles. The summed E-state index contributed by atoms with van der Waals surface area (Å²) in [5, 5.41) is 1.08. The van der Waals surface area contributed by atoms with Crippen LogP contribution in [0.4, 0.5) is 0 Å². The van der Waals surface area contributed by atoms with E-state index in [9.17, 15) is 9.59 Å². The summed E-state index contributed by atoms with van der Waals surface area (Å²) in [6, 6.07) is 12.0. The van der Waals surface area contributed by atoms with Gasteiger partial charge in [-0.3, -0.25) is 15.0 Å². The van der Waals surface area contributed by atoms with Gasteiger partial charge in [-0.1, -0.05) is 11.8 Å². The molecule has 3 rings (SSSR count). The van der Waals surface area contributed by atoms with Crippen LogP contribution >= 0.6 is 24.0 Å². The van der Waals surface area contributed by atoms with Gasteiger partial charge in [0.2, 0.25) is 0 Å². The molecule has 0 bridgehead atoms. The molecule has 1 N–H and O–H groups in total. The highest BCUT2D eigenvalue weighted by Gasteiger charge is 2.34. The third kappa shape index (κ3) is 5.36. The fourth-order valence-corrected chi connectivity index (χ4v) is 3.96. The molecule has 2 aromatic rings. The maximum Gasteiger partial charge on any atom is 0.285 e. The summed E-state index contributed by atoms with van der Waals surface area (Å²) in [5.74, 6) is 1.05. The molecule has 162 valence electrons. The van der Waals surface area contributed by atoms with Crippen LogP contribution in [0.2, 0.25) is 0 Å². The number of thiocarbonyl (C=S) groups is 1. The SMILES string of the molecule is CCOc1ccc(/C=C2/SC(=S)N(NC(=O)c3ccc(OC)cc3)C2=O)c(OCC)c1. The van der Waals surface area contributed by atoms with E-state index in [1.165, 1.54) is 0 Å². The predicted octanol–water partition coefficient (Wildman–Crippen LogP) is 4.04. The number of thioether (sulfide) groups is 1. The van der Waals surface area contributed by atoms with E-state index in [2.05, 4.69) is 5.43 Å². The molecule has 0 aliphatic carbocycles. The summed E-state index contributed by atoms with van der Waals surface area (Å²) < 4.78 is 16.5. The minimum atomic E-state index is -0.448. The third-order valence-electron chi connectivity index (χ3n) is 4.24. The topological polar surface area (TPSA) is 77.1 Å². The highest BCUT2D eigenvalue weighted by atomic mass is 32.2. The first-order valence-corrected chi connectivity index (χ1v) is 10.8. The first-order valence-electron chi connectivity index (χ1n) is 9.59. The number of nitrogens with one attached hydrogen (secondary N) is 1. The highest BCUT2D eigenvalue weighted by Crippen LogP contribution is 2.34. The van der Waals surface area contributed by atoms with Crippen molar-refractivity contribution in [2.45, 2.75) is 13.8 Å². The number of nitrogens with zero attached hydrogens (tertiary/aromatic N) is 1. The quantitative estimate of drug-likeness (QED) is 0.473. The Kier molecular flexibility index (Phi) is 7.54. The Bertz CT molecular complexity index is 1020. The van der Waals surface area contributed by atoms with Gasteiger partial charge in [0.1, 0.15) is 17.2 Å². The molecule has 0 unspecified atom stereocenters. The van der Waals surface area contributed by atoms with Gasteiger partial charge in [-0.15, -0.1) is 0 Å². The minimum absolute atomic E-state index is 0.238. The fourth-order valence-electron chi connectivity index (χ4n) is 2.78. The van der Waals surface area contributed by atoms with Gasteiger partial charge in [-0.25, -0.2) is 0 Å². The molecule has 7 nitrogen and oxygen atoms in total. The number of amides is 2. The van der Waals surface area contributed by atoms with Crippen molar-refractivity contribution < 1.29 is 23.8 Å². The Labute approximate surface area is 190 Å². The van der Waals surface area contributed by atoms with Crippen LogP contribution < -0.4 is 19.6 Å². The van der Waals surface area contributed by atoms with Crippen molar-refractivity contribution in [1.29, 1.82) is 0 Å². The number of hydrogen-bond donors (Lipinski definition) is 1. The lowest BCUT2D eigenvalue weighted by Gasteiger charge is -2.15. The van der Waals surface area contributed by atoms with E-state index in [0.717, 1.165) is 16.8 Å². The molecule has 1 heterocycles. The second kappa shape index (κ2) is 10.3. The summed E-state index contributed by atoms with van der Waals surface area (Å²) in [4.78, 5) is 25.8. The molecule has 31 heavy (non-hydrogen) atoms. The molecule has 1 saturated heterocycles. The van der Waals surface area contributed by atoms with Gasteiger partial charge in [-0.2, -0.15) is 5.01 Å². The molecular formula is C22H22N2O5S2. The van der Waals surface area contributed by atoms with Gasteiger partial charge in [0.25, 0.3) is 11.8 Å². The maximum absolute atomic E-state index is 12.9. The summed E-state index contributed by atoms with van der Waals surface area (Å²) >= 11 is 6.41. The molecule has 0 radical (unpaired) electrons. The molecule has 0 saturated carbocycles. The average Bonchev–Trinajstić information content (AvgIpc) is 3.03. The lowest BCUT2D eigenvalue weighted by atomic mass is 10.1. The number of ether oxygens (including phenoxy) is 3. The van der Waals surface area contributed by atoms with Crippen molar-refractivity contribution in [1.82, 2.24) is 10.4 Å². The largest absolute Gasteiger partial charge is 0.497 e. The van der Waals surface area contributed by atoms with Crippen LogP contribution in [0.3, 0.4) is 0 Å². The zero-order valence-corrected chi connectivity index (χ0v) is 19.0. The number of carbonyl (C=O) groups is 2. The minimum Gasteiger partial charge on any atom is -0.497 e. The molecule has 2 amide bonds. The van der Waals surface area contributed by atoms with Crippen molar-refractivity contribution in [2.75, 3.05) is 20.3 Å². The van der Waals surface area contributed by atoms with Crippen molar-refractivity contribution in [3.05, 3.63) is 58.5 Å². The average molecular weight is 459 g/mol. The van der Waals surface area contributed by atoms with Crippen LogP contribution in [-0.4, -0.2) is 41.5 Å². The van der Waals surface area contributed by atoms with Crippen molar-refractivity contribution in [2.24, 2.45) is 0 Å². The van der Waals surface area contributed by atoms with Gasteiger partial charge in [0.05, 0.1) is 25.2 Å². The second-order valence-electron chi connectivity index (χ2n) is 6.25. The Morgan fingerprint density at radius 1 is 1.10 bits per heavy atom. The van der Waals surface area contributed by atoms with Crippen LogP contribution in [0.25, 0.3) is 6.08 Å². The second-order valence-corrected chi connectivity index (χ2v) is 7.93. The zero-order valence-electron chi connectivity index (χ0n) is 17.3. The van der Waals surface area contributed by atoms with E-state index in [1.807, 2.05) is 26.0 Å². The summed E-state index contributed by atoms with van der Waals surface area (Å²) in [6.07, 6.45) is 1.69. The molecule has 1 aliphatic heterocycles. The van der Waals surface area contributed by atoms with Gasteiger partial charge in [0, 0.05) is 17.2 Å². The molecule has 0 atom stereocenters. The summed E-state index contributed by atoms with van der Waals surface area (Å²) in [5.41, 5.74) is 3.66. The van der Waals surface area contributed by atoms with E-state index < -0.39 is 11.8 Å². The van der Waals surface area contributed by atoms with E-state index in [4.69, 9.17) is 26.4 Å².